The second-order valence-electron chi connectivity index (χ2n) is 5.02. The molecule has 0 radical (unpaired) electrons. The number of hydrogen-bond acceptors (Lipinski definition) is 4. The number of hydrogen-bond donors (Lipinski definition) is 1. The smallest absolute Gasteiger partial charge is 0.258 e. The van der Waals surface area contributed by atoms with Gasteiger partial charge >= 0.3 is 0 Å². The van der Waals surface area contributed by atoms with E-state index in [2.05, 4.69) is 5.32 Å². The van der Waals surface area contributed by atoms with Gasteiger partial charge in [0.1, 0.15) is 23.1 Å². The monoisotopic (exact) mass is 318 g/mol. The molecule has 0 aliphatic rings. The number of amides is 1. The fraction of sp³-hybridized carbons (Fsp3) is 0.0526. The Kier molecular flexibility index (Phi) is 4.30. The maximum atomic E-state index is 12.2. The highest BCUT2D eigenvalue weighted by atomic mass is 16.5. The zero-order chi connectivity index (χ0) is 16.9. The van der Waals surface area contributed by atoms with E-state index in [0.29, 0.717) is 17.1 Å². The standard InChI is InChI=1S/C19H14N2O3/c1-23-16-9-5-8-14(10-16)17-11-15(12-20)19(24-17)21-18(22)13-6-3-2-4-7-13/h2-11H,1H3,(H,21,22). The van der Waals surface area contributed by atoms with E-state index in [4.69, 9.17) is 9.15 Å². The van der Waals surface area contributed by atoms with E-state index in [1.54, 1.807) is 43.5 Å². The van der Waals surface area contributed by atoms with Crippen LogP contribution in [0.5, 0.6) is 5.75 Å². The van der Waals surface area contributed by atoms with Crippen molar-refractivity contribution in [1.82, 2.24) is 0 Å². The van der Waals surface area contributed by atoms with Crippen molar-refractivity contribution in [2.24, 2.45) is 0 Å². The van der Waals surface area contributed by atoms with Gasteiger partial charge in [0.25, 0.3) is 5.91 Å². The Bertz CT molecular complexity index is 908. The van der Waals surface area contributed by atoms with Crippen molar-refractivity contribution >= 4 is 11.8 Å². The lowest BCUT2D eigenvalue weighted by Crippen LogP contribution is -2.11. The molecule has 1 amide bonds. The van der Waals surface area contributed by atoms with E-state index < -0.39 is 0 Å². The molecule has 0 aliphatic carbocycles. The number of benzene rings is 2. The molecule has 3 rings (SSSR count). The lowest BCUT2D eigenvalue weighted by molar-refractivity contribution is 0.102. The quantitative estimate of drug-likeness (QED) is 0.786. The van der Waals surface area contributed by atoms with Crippen molar-refractivity contribution in [3.05, 3.63) is 71.8 Å². The lowest BCUT2D eigenvalue weighted by atomic mass is 10.1. The van der Waals surface area contributed by atoms with E-state index in [1.807, 2.05) is 30.3 Å². The highest BCUT2D eigenvalue weighted by molar-refractivity contribution is 6.04. The van der Waals surface area contributed by atoms with E-state index in [0.717, 1.165) is 5.56 Å². The molecular weight excluding hydrogens is 304 g/mol. The molecule has 0 atom stereocenters. The van der Waals surface area contributed by atoms with Crippen LogP contribution in [-0.2, 0) is 0 Å². The molecule has 3 aromatic rings. The molecule has 0 saturated carbocycles. The maximum Gasteiger partial charge on any atom is 0.258 e. The lowest BCUT2D eigenvalue weighted by Gasteiger charge is -2.03. The van der Waals surface area contributed by atoms with Crippen LogP contribution in [-0.4, -0.2) is 13.0 Å². The minimum absolute atomic E-state index is 0.129. The van der Waals surface area contributed by atoms with Gasteiger partial charge in [0.2, 0.25) is 5.88 Å². The van der Waals surface area contributed by atoms with Crippen LogP contribution in [0.4, 0.5) is 5.88 Å². The SMILES string of the molecule is COc1cccc(-c2cc(C#N)c(NC(=O)c3ccccc3)o2)c1. The summed E-state index contributed by atoms with van der Waals surface area (Å²) < 4.78 is 10.9. The summed E-state index contributed by atoms with van der Waals surface area (Å²) in [5, 5.41) is 11.9. The van der Waals surface area contributed by atoms with Crippen molar-refractivity contribution in [3.8, 4) is 23.1 Å². The van der Waals surface area contributed by atoms with Crippen LogP contribution in [0.2, 0.25) is 0 Å². The van der Waals surface area contributed by atoms with Gasteiger partial charge in [0.15, 0.2) is 0 Å². The predicted molar refractivity (Wildman–Crippen MR) is 89.8 cm³/mol. The fourth-order valence-corrected chi connectivity index (χ4v) is 2.25. The number of carbonyl (C=O) groups is 1. The zero-order valence-electron chi connectivity index (χ0n) is 12.9. The molecule has 0 saturated heterocycles. The Morgan fingerprint density at radius 2 is 1.92 bits per heavy atom. The van der Waals surface area contributed by atoms with Crippen LogP contribution in [0, 0.1) is 11.3 Å². The summed E-state index contributed by atoms with van der Waals surface area (Å²) in [5.41, 5.74) is 1.50. The third kappa shape index (κ3) is 3.13. The summed E-state index contributed by atoms with van der Waals surface area (Å²) in [5.74, 6) is 0.953. The molecular formula is C19H14N2O3. The number of rotatable bonds is 4. The topological polar surface area (TPSA) is 75.3 Å². The van der Waals surface area contributed by atoms with Crippen LogP contribution in [0.25, 0.3) is 11.3 Å². The fourth-order valence-electron chi connectivity index (χ4n) is 2.25. The molecule has 24 heavy (non-hydrogen) atoms. The van der Waals surface area contributed by atoms with Crippen molar-refractivity contribution in [2.75, 3.05) is 12.4 Å². The van der Waals surface area contributed by atoms with Crippen molar-refractivity contribution in [3.63, 3.8) is 0 Å². The first-order valence-corrected chi connectivity index (χ1v) is 7.26. The normalized spacial score (nSPS) is 10.0. The highest BCUT2D eigenvalue weighted by Gasteiger charge is 2.16. The van der Waals surface area contributed by atoms with Crippen LogP contribution in [0.3, 0.4) is 0 Å². The molecule has 0 bridgehead atoms. The summed E-state index contributed by atoms with van der Waals surface area (Å²) in [6.07, 6.45) is 0. The minimum atomic E-state index is -0.335. The summed E-state index contributed by atoms with van der Waals surface area (Å²) in [6, 6.07) is 19.6. The number of nitriles is 1. The molecule has 1 N–H and O–H groups in total. The first-order chi connectivity index (χ1) is 11.7. The molecule has 5 nitrogen and oxygen atoms in total. The molecule has 1 heterocycles. The Morgan fingerprint density at radius 1 is 1.12 bits per heavy atom. The first-order valence-electron chi connectivity index (χ1n) is 7.26. The number of nitrogens with one attached hydrogen (secondary N) is 1. The molecule has 2 aromatic carbocycles. The summed E-state index contributed by atoms with van der Waals surface area (Å²) >= 11 is 0. The van der Waals surface area contributed by atoms with Crippen LogP contribution < -0.4 is 10.1 Å². The van der Waals surface area contributed by atoms with Gasteiger partial charge in [0, 0.05) is 17.2 Å². The van der Waals surface area contributed by atoms with E-state index in [1.165, 1.54) is 0 Å². The number of ether oxygens (including phenoxy) is 1. The van der Waals surface area contributed by atoms with Gasteiger partial charge in [-0.3, -0.25) is 10.1 Å². The maximum absolute atomic E-state index is 12.2. The summed E-state index contributed by atoms with van der Waals surface area (Å²) in [7, 11) is 1.58. The Balaban J connectivity index is 1.91. The average molecular weight is 318 g/mol. The highest BCUT2D eigenvalue weighted by Crippen LogP contribution is 2.31. The van der Waals surface area contributed by atoms with Gasteiger partial charge in [-0.15, -0.1) is 0 Å². The number of nitrogens with zero attached hydrogens (tertiary/aromatic N) is 1. The first kappa shape index (κ1) is 15.4. The van der Waals surface area contributed by atoms with Gasteiger partial charge in [-0.25, -0.2) is 0 Å². The summed E-state index contributed by atoms with van der Waals surface area (Å²) in [4.78, 5) is 12.2. The van der Waals surface area contributed by atoms with Crippen molar-refractivity contribution < 1.29 is 13.9 Å². The average Bonchev–Trinajstić information content (AvgIpc) is 3.05. The van der Waals surface area contributed by atoms with E-state index in [-0.39, 0.29) is 17.4 Å². The second kappa shape index (κ2) is 6.71. The number of carbonyl (C=O) groups excluding carboxylic acids is 1. The Hall–Kier alpha value is -3.52. The van der Waals surface area contributed by atoms with Crippen molar-refractivity contribution in [2.45, 2.75) is 0 Å². The third-order valence-corrected chi connectivity index (χ3v) is 3.47. The summed E-state index contributed by atoms with van der Waals surface area (Å²) in [6.45, 7) is 0. The molecule has 0 unspecified atom stereocenters. The van der Waals surface area contributed by atoms with Gasteiger partial charge < -0.3 is 9.15 Å². The van der Waals surface area contributed by atoms with E-state index in [9.17, 15) is 10.1 Å². The number of furan rings is 1. The molecule has 1 aromatic heterocycles. The largest absolute Gasteiger partial charge is 0.497 e. The predicted octanol–water partition coefficient (Wildman–Crippen LogP) is 4.08. The molecule has 118 valence electrons. The molecule has 5 heteroatoms. The molecule has 0 aliphatic heterocycles. The van der Waals surface area contributed by atoms with Gasteiger partial charge in [-0.2, -0.15) is 5.26 Å². The zero-order valence-corrected chi connectivity index (χ0v) is 12.9. The van der Waals surface area contributed by atoms with Gasteiger partial charge in [-0.05, 0) is 24.3 Å². The van der Waals surface area contributed by atoms with Crippen LogP contribution in [0.1, 0.15) is 15.9 Å². The minimum Gasteiger partial charge on any atom is -0.497 e. The van der Waals surface area contributed by atoms with Crippen molar-refractivity contribution in [1.29, 1.82) is 5.26 Å². The number of methoxy groups -OCH3 is 1. The van der Waals surface area contributed by atoms with E-state index >= 15 is 0 Å². The Labute approximate surface area is 139 Å². The second-order valence-corrected chi connectivity index (χ2v) is 5.02. The Morgan fingerprint density at radius 3 is 2.62 bits per heavy atom. The van der Waals surface area contributed by atoms with Crippen LogP contribution >= 0.6 is 0 Å². The van der Waals surface area contributed by atoms with Gasteiger partial charge in [-0.1, -0.05) is 30.3 Å². The third-order valence-electron chi connectivity index (χ3n) is 3.47. The molecule has 0 fully saturated rings. The number of anilines is 1. The molecule has 0 spiro atoms. The van der Waals surface area contributed by atoms with Gasteiger partial charge in [0.05, 0.1) is 7.11 Å². The van der Waals surface area contributed by atoms with Crippen LogP contribution in [0.15, 0.2) is 65.1 Å².